The molecular formula is C9H13Cl2F3N2. The van der Waals surface area contributed by atoms with E-state index in [2.05, 4.69) is 0 Å². The van der Waals surface area contributed by atoms with Crippen LogP contribution in [0.3, 0.4) is 0 Å². The lowest BCUT2D eigenvalue weighted by atomic mass is 10.0. The number of hydrogen-bond acceptors (Lipinski definition) is 2. The van der Waals surface area contributed by atoms with Crippen molar-refractivity contribution in [2.75, 3.05) is 6.54 Å². The average molecular weight is 277 g/mol. The second-order valence-corrected chi connectivity index (χ2v) is 2.97. The van der Waals surface area contributed by atoms with Crippen LogP contribution in [0.25, 0.3) is 0 Å². The van der Waals surface area contributed by atoms with E-state index >= 15 is 0 Å². The quantitative estimate of drug-likeness (QED) is 0.872. The molecule has 0 radical (unpaired) electrons. The molecule has 0 fully saturated rings. The minimum absolute atomic E-state index is 0. The monoisotopic (exact) mass is 276 g/mol. The first-order valence-electron chi connectivity index (χ1n) is 4.08. The topological polar surface area (TPSA) is 52.0 Å². The van der Waals surface area contributed by atoms with E-state index in [4.69, 9.17) is 11.5 Å². The average Bonchev–Trinajstić information content (AvgIpc) is 2.15. The minimum Gasteiger partial charge on any atom is -0.329 e. The van der Waals surface area contributed by atoms with Crippen molar-refractivity contribution in [2.24, 2.45) is 11.5 Å². The Bertz CT molecular complexity index is 318. The van der Waals surface area contributed by atoms with Gasteiger partial charge in [0.2, 0.25) is 0 Å². The second-order valence-electron chi connectivity index (χ2n) is 2.97. The molecule has 94 valence electrons. The van der Waals surface area contributed by atoms with Crippen LogP contribution in [0.5, 0.6) is 0 Å². The Morgan fingerprint density at radius 1 is 1.19 bits per heavy atom. The van der Waals surface area contributed by atoms with Gasteiger partial charge in [0.15, 0.2) is 0 Å². The molecule has 0 bridgehead atoms. The van der Waals surface area contributed by atoms with Crippen molar-refractivity contribution >= 4 is 24.8 Å². The van der Waals surface area contributed by atoms with Crippen molar-refractivity contribution in [3.05, 3.63) is 35.4 Å². The van der Waals surface area contributed by atoms with E-state index in [1.54, 1.807) is 0 Å². The lowest BCUT2D eigenvalue weighted by Crippen LogP contribution is -2.21. The first kappa shape index (κ1) is 17.9. The number of benzene rings is 1. The molecule has 0 spiro atoms. The Hall–Kier alpha value is -0.490. The molecule has 1 aromatic carbocycles. The third kappa shape index (κ3) is 4.57. The van der Waals surface area contributed by atoms with E-state index in [0.29, 0.717) is 5.56 Å². The molecule has 0 saturated heterocycles. The highest BCUT2D eigenvalue weighted by molar-refractivity contribution is 5.85. The van der Waals surface area contributed by atoms with Crippen LogP contribution in [0.2, 0.25) is 0 Å². The maximum Gasteiger partial charge on any atom is 0.416 e. The summed E-state index contributed by atoms with van der Waals surface area (Å²) in [4.78, 5) is 0. The summed E-state index contributed by atoms with van der Waals surface area (Å²) < 4.78 is 36.8. The summed E-state index contributed by atoms with van der Waals surface area (Å²) in [6.07, 6.45) is -4.33. The number of hydrogen-bond donors (Lipinski definition) is 2. The van der Waals surface area contributed by atoms with Crippen LogP contribution in [-0.2, 0) is 6.18 Å². The van der Waals surface area contributed by atoms with Crippen LogP contribution < -0.4 is 11.5 Å². The highest BCUT2D eigenvalue weighted by Gasteiger charge is 2.30. The fourth-order valence-electron chi connectivity index (χ4n) is 1.08. The van der Waals surface area contributed by atoms with Gasteiger partial charge in [0.25, 0.3) is 0 Å². The smallest absolute Gasteiger partial charge is 0.329 e. The molecule has 0 aliphatic carbocycles. The summed E-state index contributed by atoms with van der Waals surface area (Å²) in [5, 5.41) is 0. The highest BCUT2D eigenvalue weighted by atomic mass is 35.5. The van der Waals surface area contributed by atoms with Gasteiger partial charge in [0, 0.05) is 12.6 Å². The minimum atomic E-state index is -4.33. The lowest BCUT2D eigenvalue weighted by Gasteiger charge is -2.12. The summed E-state index contributed by atoms with van der Waals surface area (Å²) >= 11 is 0. The second kappa shape index (κ2) is 6.96. The molecule has 1 rings (SSSR count). The zero-order valence-corrected chi connectivity index (χ0v) is 9.83. The van der Waals surface area contributed by atoms with Crippen LogP contribution in [0.1, 0.15) is 17.2 Å². The Labute approximate surface area is 104 Å². The summed E-state index contributed by atoms with van der Waals surface area (Å²) in [6, 6.07) is 4.35. The molecule has 4 N–H and O–H groups in total. The van der Waals surface area contributed by atoms with Gasteiger partial charge in [-0.1, -0.05) is 12.1 Å². The van der Waals surface area contributed by atoms with Crippen molar-refractivity contribution in [3.8, 4) is 0 Å². The zero-order valence-electron chi connectivity index (χ0n) is 8.20. The molecule has 0 aromatic heterocycles. The Morgan fingerprint density at radius 2 is 1.75 bits per heavy atom. The van der Waals surface area contributed by atoms with Gasteiger partial charge < -0.3 is 11.5 Å². The van der Waals surface area contributed by atoms with Crippen LogP contribution >= 0.6 is 24.8 Å². The van der Waals surface area contributed by atoms with Gasteiger partial charge >= 0.3 is 6.18 Å². The fraction of sp³-hybridized carbons (Fsp3) is 0.333. The van der Waals surface area contributed by atoms with Gasteiger partial charge in [-0.15, -0.1) is 24.8 Å². The molecule has 0 heterocycles. The van der Waals surface area contributed by atoms with E-state index in [1.165, 1.54) is 12.1 Å². The first-order chi connectivity index (χ1) is 6.45. The van der Waals surface area contributed by atoms with Gasteiger partial charge in [-0.05, 0) is 17.7 Å². The van der Waals surface area contributed by atoms with Crippen LogP contribution in [-0.4, -0.2) is 6.54 Å². The predicted octanol–water partition coefficient (Wildman–Crippen LogP) is 2.51. The number of rotatable bonds is 2. The molecular weight excluding hydrogens is 264 g/mol. The molecule has 1 atom stereocenters. The molecule has 16 heavy (non-hydrogen) atoms. The Morgan fingerprint density at radius 3 is 2.19 bits per heavy atom. The number of halogens is 5. The standard InChI is InChI=1S/C9H11F3N2.2ClH/c10-9(11,12)7-3-1-2-6(4-7)8(14)5-13;;/h1-4,8H,5,13-14H2;2*1H/t8-;;/m1../s1. The van der Waals surface area contributed by atoms with Crippen molar-refractivity contribution in [1.29, 1.82) is 0 Å². The van der Waals surface area contributed by atoms with Crippen molar-refractivity contribution < 1.29 is 13.2 Å². The predicted molar refractivity (Wildman–Crippen MR) is 61.9 cm³/mol. The maximum absolute atomic E-state index is 12.3. The van der Waals surface area contributed by atoms with Crippen molar-refractivity contribution in [1.82, 2.24) is 0 Å². The molecule has 0 aliphatic rings. The molecule has 7 heteroatoms. The van der Waals surface area contributed by atoms with Crippen LogP contribution in [0.4, 0.5) is 13.2 Å². The van der Waals surface area contributed by atoms with Crippen LogP contribution in [0.15, 0.2) is 24.3 Å². The normalized spacial score (nSPS) is 12.3. The lowest BCUT2D eigenvalue weighted by molar-refractivity contribution is -0.137. The van der Waals surface area contributed by atoms with Gasteiger partial charge in [0.05, 0.1) is 5.56 Å². The molecule has 1 aromatic rings. The molecule has 2 nitrogen and oxygen atoms in total. The number of alkyl halides is 3. The number of nitrogens with two attached hydrogens (primary N) is 2. The van der Waals surface area contributed by atoms with Gasteiger partial charge in [-0.2, -0.15) is 13.2 Å². The van der Waals surface area contributed by atoms with Gasteiger partial charge in [0.1, 0.15) is 0 Å². The summed E-state index contributed by atoms with van der Waals surface area (Å²) in [5.74, 6) is 0. The van der Waals surface area contributed by atoms with Gasteiger partial charge in [-0.25, -0.2) is 0 Å². The Balaban J connectivity index is 0. The first-order valence-corrected chi connectivity index (χ1v) is 4.08. The maximum atomic E-state index is 12.3. The van der Waals surface area contributed by atoms with Crippen molar-refractivity contribution in [3.63, 3.8) is 0 Å². The third-order valence-electron chi connectivity index (χ3n) is 1.90. The molecule has 0 aliphatic heterocycles. The summed E-state index contributed by atoms with van der Waals surface area (Å²) in [7, 11) is 0. The molecule has 0 saturated carbocycles. The SMILES string of the molecule is Cl.Cl.NC[C@@H](N)c1cccc(C(F)(F)F)c1. The van der Waals surface area contributed by atoms with Crippen LogP contribution in [0, 0.1) is 0 Å². The molecule has 0 amide bonds. The van der Waals surface area contributed by atoms with E-state index < -0.39 is 17.8 Å². The van der Waals surface area contributed by atoms with Crippen molar-refractivity contribution in [2.45, 2.75) is 12.2 Å². The van der Waals surface area contributed by atoms with E-state index in [9.17, 15) is 13.2 Å². The largest absolute Gasteiger partial charge is 0.416 e. The Kier molecular flexibility index (Phi) is 7.78. The van der Waals surface area contributed by atoms with E-state index in [1.807, 2.05) is 0 Å². The fourth-order valence-corrected chi connectivity index (χ4v) is 1.08. The van der Waals surface area contributed by atoms with E-state index in [0.717, 1.165) is 12.1 Å². The van der Waals surface area contributed by atoms with E-state index in [-0.39, 0.29) is 31.4 Å². The zero-order chi connectivity index (χ0) is 10.8. The molecule has 0 unspecified atom stereocenters. The van der Waals surface area contributed by atoms with Gasteiger partial charge in [-0.3, -0.25) is 0 Å². The highest BCUT2D eigenvalue weighted by Crippen LogP contribution is 2.30. The summed E-state index contributed by atoms with van der Waals surface area (Å²) in [5.41, 5.74) is 10.5. The summed E-state index contributed by atoms with van der Waals surface area (Å²) in [6.45, 7) is 0.126. The third-order valence-corrected chi connectivity index (χ3v) is 1.90.